The van der Waals surface area contributed by atoms with Gasteiger partial charge in [0.1, 0.15) is 0 Å². The van der Waals surface area contributed by atoms with Gasteiger partial charge in [0.05, 0.1) is 12.1 Å². The lowest BCUT2D eigenvalue weighted by Gasteiger charge is -2.10. The van der Waals surface area contributed by atoms with Gasteiger partial charge in [0.25, 0.3) is 0 Å². The Bertz CT molecular complexity index is 413. The molecule has 0 radical (unpaired) electrons. The molecule has 2 N–H and O–H groups in total. The average Bonchev–Trinajstić information content (AvgIpc) is 2.33. The summed E-state index contributed by atoms with van der Waals surface area (Å²) < 4.78 is 37.0. The summed E-state index contributed by atoms with van der Waals surface area (Å²) in [4.78, 5) is 11.4. The van der Waals surface area contributed by atoms with Crippen molar-refractivity contribution >= 4 is 5.91 Å². The number of hydrogen-bond donors (Lipinski definition) is 2. The number of benzene rings is 1. The molecule has 1 rings (SSSR count). The molecule has 0 spiro atoms. The fourth-order valence-corrected chi connectivity index (χ4v) is 1.37. The molecule has 0 heterocycles. The number of carbonyl (C=O) groups is 1. The third-order valence-electron chi connectivity index (χ3n) is 2.44. The van der Waals surface area contributed by atoms with E-state index in [-0.39, 0.29) is 25.0 Å². The Morgan fingerprint density at radius 2 is 1.79 bits per heavy atom. The zero-order chi connectivity index (χ0) is 14.5. The van der Waals surface area contributed by atoms with Crippen molar-refractivity contribution in [2.24, 2.45) is 0 Å². The molecule has 0 aliphatic carbocycles. The molecule has 0 saturated heterocycles. The molecular weight excluding hydrogens is 257 g/mol. The number of amides is 1. The van der Waals surface area contributed by atoms with Crippen LogP contribution >= 0.6 is 0 Å². The fraction of sp³-hybridized carbons (Fsp3) is 0.462. The summed E-state index contributed by atoms with van der Waals surface area (Å²) in [5, 5.41) is 5.58. The fourth-order valence-electron chi connectivity index (χ4n) is 1.37. The molecule has 0 saturated carbocycles. The van der Waals surface area contributed by atoms with Crippen LogP contribution in [-0.2, 0) is 17.5 Å². The third-order valence-corrected chi connectivity index (χ3v) is 2.44. The van der Waals surface area contributed by atoms with Crippen molar-refractivity contribution in [1.82, 2.24) is 10.6 Å². The molecule has 0 fully saturated rings. The minimum atomic E-state index is -4.33. The van der Waals surface area contributed by atoms with Crippen molar-refractivity contribution in [2.75, 3.05) is 6.54 Å². The largest absolute Gasteiger partial charge is 0.416 e. The lowest BCUT2D eigenvalue weighted by atomic mass is 10.1. The second kappa shape index (κ2) is 6.56. The normalized spacial score (nSPS) is 11.7. The molecule has 0 aliphatic heterocycles. The molecule has 6 heteroatoms. The molecule has 19 heavy (non-hydrogen) atoms. The van der Waals surface area contributed by atoms with Gasteiger partial charge in [-0.1, -0.05) is 26.0 Å². The average molecular weight is 274 g/mol. The Labute approximate surface area is 110 Å². The molecule has 0 atom stereocenters. The van der Waals surface area contributed by atoms with Crippen molar-refractivity contribution < 1.29 is 18.0 Å². The van der Waals surface area contributed by atoms with Crippen LogP contribution in [0.4, 0.5) is 13.2 Å². The predicted octanol–water partition coefficient (Wildman–Crippen LogP) is 2.32. The van der Waals surface area contributed by atoms with Crippen molar-refractivity contribution in [1.29, 1.82) is 0 Å². The number of rotatable bonds is 5. The summed E-state index contributed by atoms with van der Waals surface area (Å²) in [7, 11) is 0. The maximum atomic E-state index is 12.3. The van der Waals surface area contributed by atoms with Crippen molar-refractivity contribution in [3.8, 4) is 0 Å². The molecule has 106 valence electrons. The Kier molecular flexibility index (Phi) is 5.35. The van der Waals surface area contributed by atoms with Crippen molar-refractivity contribution in [3.63, 3.8) is 0 Å². The number of alkyl halides is 3. The molecule has 0 aliphatic rings. The first-order chi connectivity index (χ1) is 8.79. The highest BCUT2D eigenvalue weighted by Crippen LogP contribution is 2.28. The number of hydrogen-bond acceptors (Lipinski definition) is 2. The lowest BCUT2D eigenvalue weighted by Crippen LogP contribution is -2.36. The second-order valence-electron chi connectivity index (χ2n) is 4.51. The highest BCUT2D eigenvalue weighted by atomic mass is 19.4. The summed E-state index contributed by atoms with van der Waals surface area (Å²) >= 11 is 0. The Morgan fingerprint density at radius 3 is 2.26 bits per heavy atom. The van der Waals surface area contributed by atoms with Gasteiger partial charge in [0, 0.05) is 12.6 Å². The highest BCUT2D eigenvalue weighted by molar-refractivity contribution is 5.77. The van der Waals surface area contributed by atoms with Crippen LogP contribution in [0, 0.1) is 0 Å². The summed E-state index contributed by atoms with van der Waals surface area (Å²) in [5.74, 6) is -0.186. The first-order valence-corrected chi connectivity index (χ1v) is 5.95. The van der Waals surface area contributed by atoms with E-state index in [1.54, 1.807) is 0 Å². The van der Waals surface area contributed by atoms with Crippen LogP contribution < -0.4 is 10.6 Å². The quantitative estimate of drug-likeness (QED) is 0.865. The van der Waals surface area contributed by atoms with E-state index in [1.165, 1.54) is 12.1 Å². The minimum Gasteiger partial charge on any atom is -0.351 e. The molecule has 0 unspecified atom stereocenters. The first kappa shape index (κ1) is 15.5. The predicted molar refractivity (Wildman–Crippen MR) is 66.4 cm³/mol. The first-order valence-electron chi connectivity index (χ1n) is 5.95. The van der Waals surface area contributed by atoms with E-state index in [1.807, 2.05) is 13.8 Å². The molecular formula is C13H17F3N2O. The van der Waals surface area contributed by atoms with Crippen LogP contribution in [0.3, 0.4) is 0 Å². The SMILES string of the molecule is CC(C)NCC(=O)NCc1ccc(C(F)(F)F)cc1. The van der Waals surface area contributed by atoms with E-state index >= 15 is 0 Å². The van der Waals surface area contributed by atoms with E-state index < -0.39 is 11.7 Å². The summed E-state index contributed by atoms with van der Waals surface area (Å²) in [6.07, 6.45) is -4.33. The second-order valence-corrected chi connectivity index (χ2v) is 4.51. The van der Waals surface area contributed by atoms with Crippen LogP contribution in [0.5, 0.6) is 0 Å². The van der Waals surface area contributed by atoms with Crippen molar-refractivity contribution in [3.05, 3.63) is 35.4 Å². The van der Waals surface area contributed by atoms with Crippen LogP contribution in [0.25, 0.3) is 0 Å². The van der Waals surface area contributed by atoms with E-state index in [0.717, 1.165) is 12.1 Å². The molecule has 0 aromatic heterocycles. The van der Waals surface area contributed by atoms with Gasteiger partial charge in [0.15, 0.2) is 0 Å². The van der Waals surface area contributed by atoms with Gasteiger partial charge < -0.3 is 10.6 Å². The Hall–Kier alpha value is -1.56. The van der Waals surface area contributed by atoms with Crippen LogP contribution in [0.2, 0.25) is 0 Å². The van der Waals surface area contributed by atoms with Gasteiger partial charge in [-0.25, -0.2) is 0 Å². The van der Waals surface area contributed by atoms with Gasteiger partial charge in [-0.2, -0.15) is 13.2 Å². The van der Waals surface area contributed by atoms with Gasteiger partial charge in [-0.15, -0.1) is 0 Å². The van der Waals surface area contributed by atoms with Crippen molar-refractivity contribution in [2.45, 2.75) is 32.6 Å². The summed E-state index contributed by atoms with van der Waals surface area (Å²) in [5.41, 5.74) is -0.0602. The monoisotopic (exact) mass is 274 g/mol. The zero-order valence-corrected chi connectivity index (χ0v) is 10.8. The standard InChI is InChI=1S/C13H17F3N2O/c1-9(2)17-8-12(19)18-7-10-3-5-11(6-4-10)13(14,15)16/h3-6,9,17H,7-8H2,1-2H3,(H,18,19). The van der Waals surface area contributed by atoms with Gasteiger partial charge in [-0.3, -0.25) is 4.79 Å². The zero-order valence-electron chi connectivity index (χ0n) is 10.8. The molecule has 1 aromatic carbocycles. The minimum absolute atomic E-state index is 0.186. The lowest BCUT2D eigenvalue weighted by molar-refractivity contribution is -0.137. The van der Waals surface area contributed by atoms with Gasteiger partial charge >= 0.3 is 6.18 Å². The molecule has 0 bridgehead atoms. The molecule has 1 aromatic rings. The summed E-state index contributed by atoms with van der Waals surface area (Å²) in [6, 6.07) is 4.94. The topological polar surface area (TPSA) is 41.1 Å². The number of nitrogens with one attached hydrogen (secondary N) is 2. The maximum absolute atomic E-state index is 12.3. The van der Waals surface area contributed by atoms with E-state index in [9.17, 15) is 18.0 Å². The van der Waals surface area contributed by atoms with Gasteiger partial charge in [0.2, 0.25) is 5.91 Å². The number of halogens is 3. The summed E-state index contributed by atoms with van der Waals surface area (Å²) in [6.45, 7) is 4.25. The van der Waals surface area contributed by atoms with E-state index in [0.29, 0.717) is 5.56 Å². The third kappa shape index (κ3) is 5.74. The van der Waals surface area contributed by atoms with E-state index in [2.05, 4.69) is 10.6 Å². The molecule has 1 amide bonds. The Morgan fingerprint density at radius 1 is 1.21 bits per heavy atom. The smallest absolute Gasteiger partial charge is 0.351 e. The van der Waals surface area contributed by atoms with E-state index in [4.69, 9.17) is 0 Å². The van der Waals surface area contributed by atoms with Crippen LogP contribution in [-0.4, -0.2) is 18.5 Å². The Balaban J connectivity index is 2.44. The van der Waals surface area contributed by atoms with Crippen LogP contribution in [0.1, 0.15) is 25.0 Å². The van der Waals surface area contributed by atoms with Gasteiger partial charge in [-0.05, 0) is 17.7 Å². The maximum Gasteiger partial charge on any atom is 0.416 e. The number of carbonyl (C=O) groups excluding carboxylic acids is 1. The highest BCUT2D eigenvalue weighted by Gasteiger charge is 2.29. The molecule has 3 nitrogen and oxygen atoms in total. The van der Waals surface area contributed by atoms with Crippen LogP contribution in [0.15, 0.2) is 24.3 Å².